The topological polar surface area (TPSA) is 41.1 Å². The Morgan fingerprint density at radius 2 is 2.28 bits per heavy atom. The third kappa shape index (κ3) is 2.85. The van der Waals surface area contributed by atoms with E-state index in [4.69, 9.17) is 0 Å². The first kappa shape index (κ1) is 13.0. The van der Waals surface area contributed by atoms with Gasteiger partial charge in [-0.05, 0) is 32.4 Å². The fourth-order valence-corrected chi connectivity index (χ4v) is 2.15. The molecule has 1 aliphatic heterocycles. The summed E-state index contributed by atoms with van der Waals surface area (Å²) in [6.45, 7) is 2.51. The average Bonchev–Trinajstić information content (AvgIpc) is 2.81. The van der Waals surface area contributed by atoms with E-state index in [0.29, 0.717) is 5.56 Å². The van der Waals surface area contributed by atoms with Crippen LogP contribution in [0.5, 0.6) is 0 Å². The van der Waals surface area contributed by atoms with Crippen LogP contribution >= 0.6 is 0 Å². The molecule has 1 heterocycles. The van der Waals surface area contributed by atoms with Crippen LogP contribution < -0.4 is 10.6 Å². The molecule has 2 atom stereocenters. The minimum atomic E-state index is -0.637. The van der Waals surface area contributed by atoms with Crippen LogP contribution in [-0.4, -0.2) is 18.5 Å². The number of carbonyl (C=O) groups is 1. The SMILES string of the molecule is C[C@@H](NC(=O)C1CCCN1)c1ccc(F)cc1F. The Hall–Kier alpha value is -1.49. The molecular weight excluding hydrogens is 238 g/mol. The summed E-state index contributed by atoms with van der Waals surface area (Å²) in [5.41, 5.74) is 0.294. The fraction of sp³-hybridized carbons (Fsp3) is 0.462. The van der Waals surface area contributed by atoms with E-state index in [9.17, 15) is 13.6 Å². The van der Waals surface area contributed by atoms with Crippen molar-refractivity contribution >= 4 is 5.91 Å². The van der Waals surface area contributed by atoms with Crippen molar-refractivity contribution in [2.24, 2.45) is 0 Å². The summed E-state index contributed by atoms with van der Waals surface area (Å²) in [6.07, 6.45) is 1.77. The smallest absolute Gasteiger partial charge is 0.237 e. The summed E-state index contributed by atoms with van der Waals surface area (Å²) in [5.74, 6) is -1.39. The molecule has 0 bridgehead atoms. The zero-order chi connectivity index (χ0) is 13.1. The first-order valence-electron chi connectivity index (χ1n) is 6.06. The van der Waals surface area contributed by atoms with Crippen molar-refractivity contribution in [2.45, 2.75) is 31.8 Å². The van der Waals surface area contributed by atoms with E-state index in [1.807, 2.05) is 0 Å². The van der Waals surface area contributed by atoms with E-state index in [0.717, 1.165) is 25.5 Å². The van der Waals surface area contributed by atoms with Gasteiger partial charge in [0.2, 0.25) is 5.91 Å². The largest absolute Gasteiger partial charge is 0.348 e. The molecule has 1 unspecified atom stereocenters. The van der Waals surface area contributed by atoms with E-state index < -0.39 is 17.7 Å². The minimum Gasteiger partial charge on any atom is -0.348 e. The molecule has 1 aromatic rings. The van der Waals surface area contributed by atoms with Crippen LogP contribution in [0.3, 0.4) is 0 Å². The number of carbonyl (C=O) groups excluding carboxylic acids is 1. The van der Waals surface area contributed by atoms with Crippen molar-refractivity contribution in [3.8, 4) is 0 Å². The quantitative estimate of drug-likeness (QED) is 0.865. The van der Waals surface area contributed by atoms with Gasteiger partial charge in [-0.2, -0.15) is 0 Å². The van der Waals surface area contributed by atoms with Crippen LogP contribution in [0.15, 0.2) is 18.2 Å². The Morgan fingerprint density at radius 1 is 1.50 bits per heavy atom. The predicted molar refractivity (Wildman–Crippen MR) is 63.9 cm³/mol. The fourth-order valence-electron chi connectivity index (χ4n) is 2.15. The molecule has 1 amide bonds. The van der Waals surface area contributed by atoms with Crippen LogP contribution in [0.1, 0.15) is 31.4 Å². The summed E-state index contributed by atoms with van der Waals surface area (Å²) in [5, 5.41) is 5.81. The van der Waals surface area contributed by atoms with Gasteiger partial charge in [0.15, 0.2) is 0 Å². The molecule has 1 aromatic carbocycles. The zero-order valence-corrected chi connectivity index (χ0v) is 10.2. The molecule has 0 aromatic heterocycles. The molecule has 0 spiro atoms. The number of hydrogen-bond donors (Lipinski definition) is 2. The van der Waals surface area contributed by atoms with Crippen molar-refractivity contribution in [1.82, 2.24) is 10.6 Å². The Bertz CT molecular complexity index is 445. The third-order valence-corrected chi connectivity index (χ3v) is 3.16. The van der Waals surface area contributed by atoms with Crippen molar-refractivity contribution in [3.63, 3.8) is 0 Å². The van der Waals surface area contributed by atoms with Gasteiger partial charge in [0.1, 0.15) is 11.6 Å². The number of hydrogen-bond acceptors (Lipinski definition) is 2. The van der Waals surface area contributed by atoms with Gasteiger partial charge >= 0.3 is 0 Å². The van der Waals surface area contributed by atoms with Crippen LogP contribution in [0.4, 0.5) is 8.78 Å². The Labute approximate surface area is 105 Å². The van der Waals surface area contributed by atoms with Crippen LogP contribution in [-0.2, 0) is 4.79 Å². The summed E-state index contributed by atoms with van der Waals surface area (Å²) in [6, 6.07) is 2.70. The highest BCUT2D eigenvalue weighted by molar-refractivity contribution is 5.82. The van der Waals surface area contributed by atoms with Crippen LogP contribution in [0.2, 0.25) is 0 Å². The number of benzene rings is 1. The van der Waals surface area contributed by atoms with Gasteiger partial charge in [0, 0.05) is 11.6 Å². The van der Waals surface area contributed by atoms with E-state index in [2.05, 4.69) is 10.6 Å². The van der Waals surface area contributed by atoms with Gasteiger partial charge in [-0.15, -0.1) is 0 Å². The highest BCUT2D eigenvalue weighted by Gasteiger charge is 2.24. The lowest BCUT2D eigenvalue weighted by atomic mass is 10.1. The molecule has 2 N–H and O–H groups in total. The Balaban J connectivity index is 2.02. The van der Waals surface area contributed by atoms with Crippen LogP contribution in [0.25, 0.3) is 0 Å². The first-order chi connectivity index (χ1) is 8.58. The normalized spacial score (nSPS) is 20.7. The van der Waals surface area contributed by atoms with Gasteiger partial charge in [0.25, 0.3) is 0 Å². The van der Waals surface area contributed by atoms with Crippen molar-refractivity contribution in [1.29, 1.82) is 0 Å². The van der Waals surface area contributed by atoms with Crippen molar-refractivity contribution < 1.29 is 13.6 Å². The summed E-state index contributed by atoms with van der Waals surface area (Å²) in [4.78, 5) is 11.8. The van der Waals surface area contributed by atoms with Gasteiger partial charge in [-0.25, -0.2) is 8.78 Å². The molecule has 2 rings (SSSR count). The van der Waals surface area contributed by atoms with Crippen LogP contribution in [0, 0.1) is 11.6 Å². The summed E-state index contributed by atoms with van der Waals surface area (Å²) in [7, 11) is 0. The molecule has 1 aliphatic rings. The van der Waals surface area contributed by atoms with E-state index in [1.165, 1.54) is 12.1 Å². The van der Waals surface area contributed by atoms with Crippen molar-refractivity contribution in [3.05, 3.63) is 35.4 Å². The minimum absolute atomic E-state index is 0.135. The van der Waals surface area contributed by atoms with E-state index >= 15 is 0 Å². The molecule has 1 saturated heterocycles. The monoisotopic (exact) mass is 254 g/mol. The maximum absolute atomic E-state index is 13.5. The molecule has 0 radical (unpaired) electrons. The third-order valence-electron chi connectivity index (χ3n) is 3.16. The second-order valence-corrected chi connectivity index (χ2v) is 4.55. The lowest BCUT2D eigenvalue weighted by Crippen LogP contribution is -2.41. The number of rotatable bonds is 3. The molecule has 1 fully saturated rings. The summed E-state index contributed by atoms with van der Waals surface area (Å²) < 4.78 is 26.3. The maximum Gasteiger partial charge on any atom is 0.237 e. The molecule has 0 saturated carbocycles. The standard InChI is InChI=1S/C13H16F2N2O/c1-8(10-5-4-9(14)7-11(10)15)17-13(18)12-3-2-6-16-12/h4-5,7-8,12,16H,2-3,6H2,1H3,(H,17,18)/t8-,12?/m1/s1. The Kier molecular flexibility index (Phi) is 3.91. The maximum atomic E-state index is 13.5. The molecular formula is C13H16F2N2O. The summed E-state index contributed by atoms with van der Waals surface area (Å²) >= 11 is 0. The number of amides is 1. The molecule has 18 heavy (non-hydrogen) atoms. The number of halogens is 2. The van der Waals surface area contributed by atoms with Gasteiger partial charge in [0.05, 0.1) is 12.1 Å². The zero-order valence-electron chi connectivity index (χ0n) is 10.2. The highest BCUT2D eigenvalue weighted by atomic mass is 19.1. The van der Waals surface area contributed by atoms with E-state index in [-0.39, 0.29) is 11.9 Å². The van der Waals surface area contributed by atoms with E-state index in [1.54, 1.807) is 6.92 Å². The lowest BCUT2D eigenvalue weighted by molar-refractivity contribution is -0.123. The lowest BCUT2D eigenvalue weighted by Gasteiger charge is -2.18. The van der Waals surface area contributed by atoms with Gasteiger partial charge in [-0.1, -0.05) is 6.07 Å². The molecule has 98 valence electrons. The van der Waals surface area contributed by atoms with Gasteiger partial charge < -0.3 is 10.6 Å². The van der Waals surface area contributed by atoms with Gasteiger partial charge in [-0.3, -0.25) is 4.79 Å². The predicted octanol–water partition coefficient (Wildman–Crippen LogP) is 1.89. The second-order valence-electron chi connectivity index (χ2n) is 4.55. The van der Waals surface area contributed by atoms with Crippen molar-refractivity contribution in [2.75, 3.05) is 6.54 Å². The molecule has 3 nitrogen and oxygen atoms in total. The highest BCUT2D eigenvalue weighted by Crippen LogP contribution is 2.18. The molecule has 5 heteroatoms. The Morgan fingerprint density at radius 3 is 2.89 bits per heavy atom. The number of nitrogens with one attached hydrogen (secondary N) is 2. The first-order valence-corrected chi connectivity index (χ1v) is 6.06. The average molecular weight is 254 g/mol. The second kappa shape index (κ2) is 5.44. The molecule has 0 aliphatic carbocycles.